The van der Waals surface area contributed by atoms with Gasteiger partial charge in [0.05, 0.1) is 12.0 Å². The van der Waals surface area contributed by atoms with Gasteiger partial charge in [-0.15, -0.1) is 0 Å². The molecule has 1 unspecified atom stereocenters. The van der Waals surface area contributed by atoms with Gasteiger partial charge in [-0.05, 0) is 85.6 Å². The molecular formula is C24H23BrN2O5S. The molecule has 1 N–H and O–H groups in total. The second kappa shape index (κ2) is 9.44. The highest BCUT2D eigenvalue weighted by atomic mass is 79.9. The number of halogens is 1. The quantitative estimate of drug-likeness (QED) is 0.481. The number of carbonyl (C=O) groups excluding carboxylic acids is 1. The van der Waals surface area contributed by atoms with Gasteiger partial charge in [0.2, 0.25) is 0 Å². The lowest BCUT2D eigenvalue weighted by Crippen LogP contribution is -2.39. The van der Waals surface area contributed by atoms with Crippen LogP contribution in [0.2, 0.25) is 0 Å². The van der Waals surface area contributed by atoms with E-state index in [1.54, 1.807) is 36.3 Å². The van der Waals surface area contributed by atoms with Crippen molar-refractivity contribution in [2.24, 2.45) is 0 Å². The number of amides is 1. The van der Waals surface area contributed by atoms with Crippen molar-refractivity contribution in [3.05, 3.63) is 76.8 Å². The van der Waals surface area contributed by atoms with E-state index in [4.69, 9.17) is 9.47 Å². The van der Waals surface area contributed by atoms with Crippen LogP contribution in [-0.2, 0) is 21.2 Å². The molecule has 4 rings (SSSR count). The van der Waals surface area contributed by atoms with Gasteiger partial charge >= 0.3 is 0 Å². The molecule has 1 aliphatic heterocycles. The number of fused-ring (bicyclic) bond motifs is 1. The zero-order valence-corrected chi connectivity index (χ0v) is 20.5. The monoisotopic (exact) mass is 530 g/mol. The molecule has 3 aromatic rings. The van der Waals surface area contributed by atoms with Crippen LogP contribution in [0.1, 0.15) is 12.5 Å². The number of anilines is 2. The minimum Gasteiger partial charge on any atom is -0.497 e. The number of sulfonamides is 1. The molecule has 0 aliphatic carbocycles. The predicted octanol–water partition coefficient (Wildman–Crippen LogP) is 4.62. The molecule has 1 aliphatic rings. The summed E-state index contributed by atoms with van der Waals surface area (Å²) in [5, 5.41) is 0. The lowest BCUT2D eigenvalue weighted by Gasteiger charge is -2.22. The highest BCUT2D eigenvalue weighted by Crippen LogP contribution is 2.34. The maximum atomic E-state index is 12.8. The number of methoxy groups -OCH3 is 1. The van der Waals surface area contributed by atoms with Crippen molar-refractivity contribution in [2.45, 2.75) is 24.3 Å². The Kier molecular flexibility index (Phi) is 6.62. The molecule has 9 heteroatoms. The van der Waals surface area contributed by atoms with Gasteiger partial charge in [0, 0.05) is 21.9 Å². The third-order valence-corrected chi connectivity index (χ3v) is 7.25. The Hall–Kier alpha value is -3.04. The molecule has 1 amide bonds. The molecule has 0 bridgehead atoms. The van der Waals surface area contributed by atoms with Gasteiger partial charge in [0.1, 0.15) is 11.5 Å². The number of nitrogens with zero attached hydrogens (tertiary/aromatic N) is 1. The Labute approximate surface area is 201 Å². The standard InChI is InChI=1S/C24H23BrN2O5S/c1-16-13-17-14-18(25)3-12-23(17)27(16)24(28)15-32-21-8-10-22(11-9-21)33(29,30)26-19-4-6-20(31-2)7-5-19/h3-12,14,16,26H,13,15H2,1-2H3. The topological polar surface area (TPSA) is 84.9 Å². The summed E-state index contributed by atoms with van der Waals surface area (Å²) in [4.78, 5) is 14.7. The molecule has 0 aromatic heterocycles. The number of rotatable bonds is 7. The van der Waals surface area contributed by atoms with Crippen LogP contribution in [0, 0.1) is 0 Å². The fourth-order valence-electron chi connectivity index (χ4n) is 3.78. The van der Waals surface area contributed by atoms with Crippen molar-refractivity contribution < 1.29 is 22.7 Å². The largest absolute Gasteiger partial charge is 0.497 e. The van der Waals surface area contributed by atoms with Gasteiger partial charge in [-0.2, -0.15) is 0 Å². The van der Waals surface area contributed by atoms with E-state index in [2.05, 4.69) is 20.7 Å². The maximum Gasteiger partial charge on any atom is 0.265 e. The second-order valence-electron chi connectivity index (χ2n) is 7.68. The van der Waals surface area contributed by atoms with Crippen molar-refractivity contribution in [3.8, 4) is 11.5 Å². The van der Waals surface area contributed by atoms with Gasteiger partial charge in [-0.25, -0.2) is 8.42 Å². The van der Waals surface area contributed by atoms with Crippen molar-refractivity contribution in [2.75, 3.05) is 23.3 Å². The van der Waals surface area contributed by atoms with E-state index >= 15 is 0 Å². The van der Waals surface area contributed by atoms with Gasteiger partial charge < -0.3 is 14.4 Å². The summed E-state index contributed by atoms with van der Waals surface area (Å²) in [5.41, 5.74) is 2.43. The molecule has 1 atom stereocenters. The highest BCUT2D eigenvalue weighted by Gasteiger charge is 2.31. The molecule has 0 fully saturated rings. The first kappa shape index (κ1) is 23.1. The number of ether oxygens (including phenoxy) is 2. The highest BCUT2D eigenvalue weighted by molar-refractivity contribution is 9.10. The van der Waals surface area contributed by atoms with Gasteiger partial charge in [-0.3, -0.25) is 9.52 Å². The fraction of sp³-hybridized carbons (Fsp3) is 0.208. The van der Waals surface area contributed by atoms with Crippen LogP contribution in [0.3, 0.4) is 0 Å². The van der Waals surface area contributed by atoms with Gasteiger partial charge in [0.25, 0.3) is 15.9 Å². The lowest BCUT2D eigenvalue weighted by atomic mass is 10.1. The Morgan fingerprint density at radius 2 is 1.73 bits per heavy atom. The summed E-state index contributed by atoms with van der Waals surface area (Å²) in [5.74, 6) is 0.893. The van der Waals surface area contributed by atoms with Crippen molar-refractivity contribution in [3.63, 3.8) is 0 Å². The smallest absolute Gasteiger partial charge is 0.265 e. The van der Waals surface area contributed by atoms with E-state index in [1.807, 2.05) is 25.1 Å². The maximum absolute atomic E-state index is 12.8. The van der Waals surface area contributed by atoms with Crippen molar-refractivity contribution in [1.82, 2.24) is 0 Å². The number of hydrogen-bond acceptors (Lipinski definition) is 5. The van der Waals surface area contributed by atoms with E-state index < -0.39 is 10.0 Å². The van der Waals surface area contributed by atoms with E-state index in [0.29, 0.717) is 17.2 Å². The minimum absolute atomic E-state index is 0.0435. The predicted molar refractivity (Wildman–Crippen MR) is 131 cm³/mol. The minimum atomic E-state index is -3.76. The molecule has 3 aromatic carbocycles. The van der Waals surface area contributed by atoms with Crippen LogP contribution in [0.25, 0.3) is 0 Å². The molecule has 0 radical (unpaired) electrons. The van der Waals surface area contributed by atoms with Crippen LogP contribution in [-0.4, -0.2) is 34.1 Å². The summed E-state index contributed by atoms with van der Waals surface area (Å²) < 4.78 is 39.5. The number of nitrogens with one attached hydrogen (secondary N) is 1. The number of carbonyl (C=O) groups is 1. The molecule has 0 saturated carbocycles. The molecule has 0 spiro atoms. The fourth-order valence-corrected chi connectivity index (χ4v) is 5.25. The van der Waals surface area contributed by atoms with E-state index in [0.717, 1.165) is 22.1 Å². The first-order chi connectivity index (χ1) is 15.8. The zero-order valence-electron chi connectivity index (χ0n) is 18.1. The summed E-state index contributed by atoms with van der Waals surface area (Å²) in [6.07, 6.45) is 0.786. The normalized spacial score (nSPS) is 15.1. The van der Waals surface area contributed by atoms with Crippen LogP contribution in [0.15, 0.2) is 76.1 Å². The molecule has 7 nitrogen and oxygen atoms in total. The molecule has 1 heterocycles. The van der Waals surface area contributed by atoms with Crippen LogP contribution in [0.4, 0.5) is 11.4 Å². The first-order valence-electron chi connectivity index (χ1n) is 10.3. The van der Waals surface area contributed by atoms with Crippen molar-refractivity contribution in [1.29, 1.82) is 0 Å². The van der Waals surface area contributed by atoms with Gasteiger partial charge in [0.15, 0.2) is 6.61 Å². The van der Waals surface area contributed by atoms with Crippen LogP contribution in [0.5, 0.6) is 11.5 Å². The average Bonchev–Trinajstić information content (AvgIpc) is 3.12. The summed E-state index contributed by atoms with van der Waals surface area (Å²) in [6, 6.07) is 18.4. The van der Waals surface area contributed by atoms with Crippen molar-refractivity contribution >= 4 is 43.2 Å². The van der Waals surface area contributed by atoms with E-state index in [9.17, 15) is 13.2 Å². The second-order valence-corrected chi connectivity index (χ2v) is 10.3. The SMILES string of the molecule is COc1ccc(NS(=O)(=O)c2ccc(OCC(=O)N3c4ccc(Br)cc4CC3C)cc2)cc1. The summed E-state index contributed by atoms with van der Waals surface area (Å²) in [6.45, 7) is 1.86. The third-order valence-electron chi connectivity index (χ3n) is 5.36. The Bertz CT molecular complexity index is 1260. The lowest BCUT2D eigenvalue weighted by molar-refractivity contribution is -0.120. The van der Waals surface area contributed by atoms with Gasteiger partial charge in [-0.1, -0.05) is 15.9 Å². The molecule has 33 heavy (non-hydrogen) atoms. The summed E-state index contributed by atoms with van der Waals surface area (Å²) in [7, 11) is -2.22. The van der Waals surface area contributed by atoms with E-state index in [1.165, 1.54) is 24.3 Å². The third kappa shape index (κ3) is 5.15. The molecule has 172 valence electrons. The number of hydrogen-bond donors (Lipinski definition) is 1. The van der Waals surface area contributed by atoms with Crippen LogP contribution < -0.4 is 19.1 Å². The van der Waals surface area contributed by atoms with E-state index in [-0.39, 0.29) is 23.5 Å². The first-order valence-corrected chi connectivity index (χ1v) is 12.5. The molecular weight excluding hydrogens is 508 g/mol. The van der Waals surface area contributed by atoms with Crippen LogP contribution >= 0.6 is 15.9 Å². The Morgan fingerprint density at radius 1 is 1.06 bits per heavy atom. The summed E-state index contributed by atoms with van der Waals surface area (Å²) >= 11 is 3.47. The number of benzene rings is 3. The zero-order chi connectivity index (χ0) is 23.6. The Morgan fingerprint density at radius 3 is 2.39 bits per heavy atom. The molecule has 0 saturated heterocycles. The Balaban J connectivity index is 1.39. The average molecular weight is 531 g/mol.